The lowest BCUT2D eigenvalue weighted by molar-refractivity contribution is -0.143. The minimum atomic E-state index is -4.99. The predicted molar refractivity (Wildman–Crippen MR) is 223 cm³/mol. The number of alkyl halides is 6. The summed E-state index contributed by atoms with van der Waals surface area (Å²) in [6, 6.07) is 11.2. The first-order valence-electron chi connectivity index (χ1n) is 21.3. The van der Waals surface area contributed by atoms with Crippen LogP contribution in [0.25, 0.3) is 6.08 Å². The molecule has 0 radical (unpaired) electrons. The quantitative estimate of drug-likeness (QED) is 0.0473. The molecule has 1 N–H and O–H groups in total. The van der Waals surface area contributed by atoms with Crippen molar-refractivity contribution >= 4 is 41.1 Å². The predicted octanol–water partition coefficient (Wildman–Crippen LogP) is 11.0. The zero-order valence-electron chi connectivity index (χ0n) is 35.6. The van der Waals surface area contributed by atoms with Gasteiger partial charge in [0, 0.05) is 48.8 Å². The molecule has 0 atom stereocenters. The van der Waals surface area contributed by atoms with Crippen molar-refractivity contribution in [2.75, 3.05) is 20.3 Å². The molecule has 5 rings (SSSR count). The molecule has 0 spiro atoms. The lowest BCUT2D eigenvalue weighted by Gasteiger charge is -2.19. The van der Waals surface area contributed by atoms with Crippen LogP contribution in [0.15, 0.2) is 60.2 Å². The van der Waals surface area contributed by atoms with Crippen LogP contribution >= 0.6 is 0 Å². The third-order valence-corrected chi connectivity index (χ3v) is 10.7. The normalized spacial score (nSPS) is 14.2. The fraction of sp³-hybridized carbons (Fsp3) is 0.458. The van der Waals surface area contributed by atoms with E-state index in [1.807, 2.05) is 6.07 Å². The molecular weight excluding hydrogens is 851 g/mol. The number of esters is 1. The highest BCUT2D eigenvalue weighted by Gasteiger charge is 2.37. The van der Waals surface area contributed by atoms with E-state index in [0.717, 1.165) is 62.1 Å². The van der Waals surface area contributed by atoms with Gasteiger partial charge in [-0.25, -0.2) is 0 Å². The van der Waals surface area contributed by atoms with Crippen LogP contribution in [0, 0.1) is 0 Å². The van der Waals surface area contributed by atoms with E-state index in [4.69, 9.17) is 14.6 Å². The molecule has 64 heavy (non-hydrogen) atoms. The number of Topliss-reactive ketones (excluding diaryl/α,β-unsaturated/α-hetero) is 4. The van der Waals surface area contributed by atoms with Gasteiger partial charge < -0.3 is 19.3 Å². The number of fused-ring (bicyclic) bond motifs is 2. The van der Waals surface area contributed by atoms with Crippen LogP contribution in [0.5, 0.6) is 11.5 Å². The number of aryl methyl sites for hydroxylation is 2. The number of carbonyl (C=O) groups is 6. The van der Waals surface area contributed by atoms with Crippen molar-refractivity contribution in [2.45, 2.75) is 122 Å². The third kappa shape index (κ3) is 16.7. The van der Waals surface area contributed by atoms with Crippen molar-refractivity contribution in [1.29, 1.82) is 0 Å². The van der Waals surface area contributed by atoms with E-state index < -0.39 is 35.2 Å². The first-order chi connectivity index (χ1) is 30.3. The Bertz CT molecular complexity index is 2140. The molecule has 0 fully saturated rings. The number of methoxy groups -OCH3 is 1. The zero-order valence-corrected chi connectivity index (χ0v) is 35.6. The number of hydrogen-bond acceptors (Lipinski definition) is 9. The Morgan fingerprint density at radius 3 is 1.62 bits per heavy atom. The maximum absolute atomic E-state index is 13.2. The molecule has 0 saturated heterocycles. The summed E-state index contributed by atoms with van der Waals surface area (Å²) in [5, 5.41) is 8.60. The van der Waals surface area contributed by atoms with Crippen molar-refractivity contribution in [2.24, 2.45) is 0 Å². The molecule has 10 nitrogen and oxygen atoms in total. The van der Waals surface area contributed by atoms with Crippen molar-refractivity contribution in [1.82, 2.24) is 0 Å². The highest BCUT2D eigenvalue weighted by Crippen LogP contribution is 2.38. The number of hydrogen-bond donors (Lipinski definition) is 1. The number of ketones is 4. The summed E-state index contributed by atoms with van der Waals surface area (Å²) in [7, 11) is 1.39. The summed E-state index contributed by atoms with van der Waals surface area (Å²) in [5.41, 5.74) is -0.532. The average molecular weight is 903 g/mol. The smallest absolute Gasteiger partial charge is 0.416 e. The summed E-state index contributed by atoms with van der Waals surface area (Å²) < 4.78 is 94.7. The molecule has 0 saturated carbocycles. The summed E-state index contributed by atoms with van der Waals surface area (Å²) in [6.07, 6.45) is 1.24. The van der Waals surface area contributed by atoms with E-state index in [9.17, 15) is 55.1 Å². The van der Waals surface area contributed by atoms with Gasteiger partial charge in [0.05, 0.1) is 18.2 Å². The Labute approximate surface area is 367 Å². The largest absolute Gasteiger partial charge is 0.486 e. The number of rotatable bonds is 21. The highest BCUT2D eigenvalue weighted by molar-refractivity contribution is 6.13. The van der Waals surface area contributed by atoms with Gasteiger partial charge in [0.1, 0.15) is 24.7 Å². The standard InChI is InChI=1S/C28H26F6O5.C20H26O5/c29-27(30,31)20-12-17(13-21(15-20)28(32,33)34)11-19-8-7-18-14-23(9-10-24(18)26(19)38)39-16-22(35)5-3-1-2-4-6-25(36)37;1-24-20(23)10-5-3-2-4-8-16(21)14-25-17-11-12-18-15(13-17)7-6-9-19(18)22/h9-15H,1-8,16H2,(H,36,37);11-13H,2-10,14H2,1H3/b19-11+;. The second-order valence-electron chi connectivity index (χ2n) is 15.7. The molecule has 3 aromatic carbocycles. The topological polar surface area (TPSA) is 150 Å². The number of carboxylic acid groups (broad SMARTS) is 1. The van der Waals surface area contributed by atoms with Crippen LogP contribution < -0.4 is 9.47 Å². The van der Waals surface area contributed by atoms with E-state index >= 15 is 0 Å². The molecule has 2 aliphatic carbocycles. The van der Waals surface area contributed by atoms with E-state index in [0.29, 0.717) is 74.1 Å². The Morgan fingerprint density at radius 1 is 0.609 bits per heavy atom. The number of unbranched alkanes of at least 4 members (excludes halogenated alkanes) is 6. The number of carboxylic acids is 1. The molecule has 16 heteroatoms. The fourth-order valence-electron chi connectivity index (χ4n) is 7.23. The number of benzene rings is 3. The van der Waals surface area contributed by atoms with Crippen molar-refractivity contribution in [3.8, 4) is 11.5 Å². The third-order valence-electron chi connectivity index (χ3n) is 10.7. The first-order valence-corrected chi connectivity index (χ1v) is 21.3. The molecule has 0 aliphatic heterocycles. The lowest BCUT2D eigenvalue weighted by Crippen LogP contribution is -2.16. The van der Waals surface area contributed by atoms with Gasteiger partial charge in [0.15, 0.2) is 23.1 Å². The van der Waals surface area contributed by atoms with E-state index in [1.54, 1.807) is 18.2 Å². The van der Waals surface area contributed by atoms with E-state index in [1.165, 1.54) is 19.2 Å². The molecule has 0 amide bonds. The average Bonchev–Trinajstić information content (AvgIpc) is 3.25. The fourth-order valence-corrected chi connectivity index (χ4v) is 7.23. The van der Waals surface area contributed by atoms with Gasteiger partial charge in [0.25, 0.3) is 0 Å². The second-order valence-corrected chi connectivity index (χ2v) is 15.7. The number of halogens is 6. The first kappa shape index (κ1) is 50.8. The summed E-state index contributed by atoms with van der Waals surface area (Å²) in [4.78, 5) is 70.1. The van der Waals surface area contributed by atoms with Crippen LogP contribution in [0.1, 0.15) is 145 Å². The van der Waals surface area contributed by atoms with E-state index in [-0.39, 0.29) is 78.6 Å². The molecule has 3 aromatic rings. The van der Waals surface area contributed by atoms with E-state index in [2.05, 4.69) is 4.74 Å². The molecule has 0 aromatic heterocycles. The molecule has 2 aliphatic rings. The summed E-state index contributed by atoms with van der Waals surface area (Å²) in [5.74, 6) is -0.404. The maximum Gasteiger partial charge on any atom is 0.416 e. The monoisotopic (exact) mass is 902 g/mol. The maximum atomic E-state index is 13.2. The Hall–Kier alpha value is -5.80. The van der Waals surface area contributed by atoms with Gasteiger partial charge in [-0.1, -0.05) is 25.7 Å². The van der Waals surface area contributed by atoms with Crippen molar-refractivity contribution in [3.05, 3.63) is 99.1 Å². The summed E-state index contributed by atoms with van der Waals surface area (Å²) in [6.45, 7) is -0.112. The Morgan fingerprint density at radius 2 is 1.11 bits per heavy atom. The lowest BCUT2D eigenvalue weighted by atomic mass is 9.85. The van der Waals surface area contributed by atoms with Gasteiger partial charge in [-0.2, -0.15) is 26.3 Å². The van der Waals surface area contributed by atoms with Crippen molar-refractivity contribution < 1.29 is 74.4 Å². The van der Waals surface area contributed by atoms with Gasteiger partial charge in [-0.3, -0.25) is 28.8 Å². The Balaban J connectivity index is 0.000000309. The van der Waals surface area contributed by atoms with Crippen molar-refractivity contribution in [3.63, 3.8) is 0 Å². The zero-order chi connectivity index (χ0) is 46.9. The summed E-state index contributed by atoms with van der Waals surface area (Å²) >= 11 is 0. The van der Waals surface area contributed by atoms with Crippen LogP contribution in [0.4, 0.5) is 26.3 Å². The van der Waals surface area contributed by atoms with Gasteiger partial charge in [-0.15, -0.1) is 0 Å². The minimum absolute atomic E-state index is 0.0365. The van der Waals surface area contributed by atoms with Gasteiger partial charge in [0.2, 0.25) is 0 Å². The molecular formula is C48H52F6O10. The molecule has 0 heterocycles. The number of aliphatic carboxylic acids is 1. The van der Waals surface area contributed by atoms with Gasteiger partial charge in [-0.05, 0) is 129 Å². The van der Waals surface area contributed by atoms with Gasteiger partial charge >= 0.3 is 24.3 Å². The van der Waals surface area contributed by atoms with Crippen LogP contribution in [-0.2, 0) is 49.1 Å². The number of carbonyl (C=O) groups excluding carboxylic acids is 5. The van der Waals surface area contributed by atoms with Crippen LogP contribution in [-0.4, -0.2) is 60.5 Å². The molecule has 0 bridgehead atoms. The molecule has 346 valence electrons. The number of allylic oxidation sites excluding steroid dienone is 1. The highest BCUT2D eigenvalue weighted by atomic mass is 19.4. The second kappa shape index (κ2) is 24.3. The number of ether oxygens (including phenoxy) is 3. The SMILES string of the molecule is COC(=O)CCCCCCC(=O)COc1ccc2c(c1)CCCC2=O.O=C(O)CCCCCCC(=O)COc1ccc2c(c1)CC/C(=C\c1cc(C(F)(F)F)cc(C(F)(F)F)c1)C2=O. The Kier molecular flexibility index (Phi) is 19.3. The van der Waals surface area contributed by atoms with Crippen LogP contribution in [0.2, 0.25) is 0 Å². The minimum Gasteiger partial charge on any atom is -0.486 e. The van der Waals surface area contributed by atoms with Crippen LogP contribution in [0.3, 0.4) is 0 Å². The molecule has 0 unspecified atom stereocenters.